The van der Waals surface area contributed by atoms with E-state index in [-0.39, 0.29) is 16.9 Å². The molecule has 0 aromatic heterocycles. The lowest BCUT2D eigenvalue weighted by Crippen LogP contribution is -2.22. The number of halogens is 1. The Morgan fingerprint density at radius 2 is 2.00 bits per heavy atom. The van der Waals surface area contributed by atoms with Crippen LogP contribution in [0.2, 0.25) is 0 Å². The Labute approximate surface area is 95.5 Å². The number of hydrogen-bond donors (Lipinski definition) is 0. The van der Waals surface area contributed by atoms with Gasteiger partial charge < -0.3 is 4.74 Å². The predicted octanol–water partition coefficient (Wildman–Crippen LogP) is 3.67. The molecule has 0 bridgehead atoms. The van der Waals surface area contributed by atoms with Crippen molar-refractivity contribution in [2.75, 3.05) is 0 Å². The summed E-state index contributed by atoms with van der Waals surface area (Å²) in [4.78, 5) is 11.1. The lowest BCUT2D eigenvalue weighted by molar-refractivity contribution is -0.148. The highest BCUT2D eigenvalue weighted by Gasteiger charge is 2.15. The maximum atomic E-state index is 11.3. The van der Waals surface area contributed by atoms with Crippen molar-refractivity contribution in [2.24, 2.45) is 0 Å². The van der Waals surface area contributed by atoms with Gasteiger partial charge in [-0.05, 0) is 26.2 Å². The third-order valence-electron chi connectivity index (χ3n) is 2.19. The number of hydrogen-bond acceptors (Lipinski definition) is 2. The molecule has 0 spiro atoms. The Bertz CT molecular complexity index is 157. The lowest BCUT2D eigenvalue weighted by Gasteiger charge is -2.16. The van der Waals surface area contributed by atoms with Gasteiger partial charge in [0, 0.05) is 0 Å². The van der Waals surface area contributed by atoms with E-state index in [2.05, 4.69) is 29.8 Å². The van der Waals surface area contributed by atoms with Crippen LogP contribution in [0, 0.1) is 0 Å². The van der Waals surface area contributed by atoms with Crippen molar-refractivity contribution in [3.05, 3.63) is 0 Å². The van der Waals surface area contributed by atoms with E-state index in [1.54, 1.807) is 6.92 Å². The van der Waals surface area contributed by atoms with Crippen molar-refractivity contribution in [1.29, 1.82) is 0 Å². The summed E-state index contributed by atoms with van der Waals surface area (Å²) in [6.45, 7) is 6.03. The highest BCUT2D eigenvalue weighted by Crippen LogP contribution is 2.12. The molecule has 0 amide bonds. The summed E-state index contributed by atoms with van der Waals surface area (Å²) in [5.41, 5.74) is 0. The normalized spacial score (nSPS) is 14.9. The SMILES string of the molecule is CCCCCC(CC)OC(=O)C(C)Br. The van der Waals surface area contributed by atoms with Crippen LogP contribution in [0.1, 0.15) is 52.9 Å². The molecular weight excluding hydrogens is 244 g/mol. The van der Waals surface area contributed by atoms with Crippen LogP contribution in [-0.2, 0) is 9.53 Å². The zero-order valence-corrected chi connectivity index (χ0v) is 11.0. The van der Waals surface area contributed by atoms with Gasteiger partial charge in [-0.3, -0.25) is 4.79 Å². The number of esters is 1. The van der Waals surface area contributed by atoms with Gasteiger partial charge in [-0.1, -0.05) is 42.6 Å². The van der Waals surface area contributed by atoms with Gasteiger partial charge >= 0.3 is 5.97 Å². The molecule has 0 saturated carbocycles. The molecule has 0 radical (unpaired) electrons. The molecule has 0 aliphatic heterocycles. The number of unbranched alkanes of at least 4 members (excludes halogenated alkanes) is 2. The highest BCUT2D eigenvalue weighted by molar-refractivity contribution is 9.10. The van der Waals surface area contributed by atoms with Gasteiger partial charge in [0.2, 0.25) is 0 Å². The van der Waals surface area contributed by atoms with Gasteiger partial charge in [0.1, 0.15) is 10.9 Å². The minimum absolute atomic E-state index is 0.106. The van der Waals surface area contributed by atoms with Crippen molar-refractivity contribution in [3.63, 3.8) is 0 Å². The molecule has 14 heavy (non-hydrogen) atoms. The first-order valence-corrected chi connectivity index (χ1v) is 6.37. The molecule has 0 aliphatic carbocycles. The van der Waals surface area contributed by atoms with Crippen LogP contribution in [0.25, 0.3) is 0 Å². The summed E-state index contributed by atoms with van der Waals surface area (Å²) in [5.74, 6) is -0.145. The second-order valence-corrected chi connectivity index (χ2v) is 4.95. The molecule has 0 saturated heterocycles. The lowest BCUT2D eigenvalue weighted by atomic mass is 10.1. The van der Waals surface area contributed by atoms with Crippen molar-refractivity contribution in [2.45, 2.75) is 63.8 Å². The molecule has 2 nitrogen and oxygen atoms in total. The maximum absolute atomic E-state index is 11.3. The second-order valence-electron chi connectivity index (χ2n) is 3.58. The summed E-state index contributed by atoms with van der Waals surface area (Å²) in [5, 5.41) is 0. The van der Waals surface area contributed by atoms with Crippen molar-refractivity contribution in [1.82, 2.24) is 0 Å². The fourth-order valence-electron chi connectivity index (χ4n) is 1.23. The van der Waals surface area contributed by atoms with Crippen molar-refractivity contribution in [3.8, 4) is 0 Å². The maximum Gasteiger partial charge on any atom is 0.319 e. The van der Waals surface area contributed by atoms with Crippen LogP contribution in [-0.4, -0.2) is 16.9 Å². The summed E-state index contributed by atoms with van der Waals surface area (Å²) in [6, 6.07) is 0. The number of carbonyl (C=O) groups is 1. The van der Waals surface area contributed by atoms with E-state index in [1.807, 2.05) is 0 Å². The molecule has 0 heterocycles. The third kappa shape index (κ3) is 6.41. The number of alkyl halides is 1. The fourth-order valence-corrected chi connectivity index (χ4v) is 1.33. The monoisotopic (exact) mass is 264 g/mol. The van der Waals surface area contributed by atoms with Crippen LogP contribution in [0.5, 0.6) is 0 Å². The van der Waals surface area contributed by atoms with E-state index in [0.717, 1.165) is 19.3 Å². The Morgan fingerprint density at radius 3 is 2.43 bits per heavy atom. The van der Waals surface area contributed by atoms with Gasteiger partial charge in [0.05, 0.1) is 0 Å². The first kappa shape index (κ1) is 13.9. The zero-order valence-electron chi connectivity index (χ0n) is 9.38. The molecule has 0 fully saturated rings. The van der Waals surface area contributed by atoms with Crippen LogP contribution in [0.4, 0.5) is 0 Å². The van der Waals surface area contributed by atoms with Gasteiger partial charge in [0.15, 0.2) is 0 Å². The Morgan fingerprint density at radius 1 is 1.36 bits per heavy atom. The van der Waals surface area contributed by atoms with E-state index in [9.17, 15) is 4.79 Å². The minimum Gasteiger partial charge on any atom is -0.462 e. The van der Waals surface area contributed by atoms with Gasteiger partial charge in [-0.25, -0.2) is 0 Å². The standard InChI is InChI=1S/C11H21BrO2/c1-4-6-7-8-10(5-2)14-11(13)9(3)12/h9-10H,4-8H2,1-3H3. The number of rotatable bonds is 7. The van der Waals surface area contributed by atoms with Crippen LogP contribution >= 0.6 is 15.9 Å². The van der Waals surface area contributed by atoms with Gasteiger partial charge in [-0.15, -0.1) is 0 Å². The Balaban J connectivity index is 3.73. The minimum atomic E-state index is -0.192. The number of ether oxygens (including phenoxy) is 1. The van der Waals surface area contributed by atoms with Crippen molar-refractivity contribution < 1.29 is 9.53 Å². The van der Waals surface area contributed by atoms with E-state index in [0.29, 0.717) is 0 Å². The number of carbonyl (C=O) groups excluding carboxylic acids is 1. The first-order valence-electron chi connectivity index (χ1n) is 5.46. The molecule has 0 N–H and O–H groups in total. The average Bonchev–Trinajstić information content (AvgIpc) is 2.16. The molecule has 2 unspecified atom stereocenters. The van der Waals surface area contributed by atoms with E-state index < -0.39 is 0 Å². The van der Waals surface area contributed by atoms with Crippen molar-refractivity contribution >= 4 is 21.9 Å². The summed E-state index contributed by atoms with van der Waals surface area (Å²) >= 11 is 3.20. The van der Waals surface area contributed by atoms with Crippen LogP contribution in [0.3, 0.4) is 0 Å². The van der Waals surface area contributed by atoms with E-state index in [1.165, 1.54) is 12.8 Å². The fraction of sp³-hybridized carbons (Fsp3) is 0.909. The van der Waals surface area contributed by atoms with Gasteiger partial charge in [0.25, 0.3) is 0 Å². The summed E-state index contributed by atoms with van der Waals surface area (Å²) in [6.07, 6.45) is 5.59. The zero-order chi connectivity index (χ0) is 11.0. The average molecular weight is 265 g/mol. The van der Waals surface area contributed by atoms with E-state index >= 15 is 0 Å². The Hall–Kier alpha value is -0.0500. The van der Waals surface area contributed by atoms with Gasteiger partial charge in [-0.2, -0.15) is 0 Å². The largest absolute Gasteiger partial charge is 0.462 e. The summed E-state index contributed by atoms with van der Waals surface area (Å²) < 4.78 is 5.32. The third-order valence-corrected chi connectivity index (χ3v) is 2.57. The smallest absolute Gasteiger partial charge is 0.319 e. The van der Waals surface area contributed by atoms with Crippen LogP contribution in [0.15, 0.2) is 0 Å². The van der Waals surface area contributed by atoms with E-state index in [4.69, 9.17) is 4.74 Å². The molecule has 0 aromatic rings. The highest BCUT2D eigenvalue weighted by atomic mass is 79.9. The molecule has 3 heteroatoms. The summed E-state index contributed by atoms with van der Waals surface area (Å²) in [7, 11) is 0. The molecule has 2 atom stereocenters. The Kier molecular flexibility index (Phi) is 8.24. The molecule has 0 aromatic carbocycles. The second kappa shape index (κ2) is 8.27. The topological polar surface area (TPSA) is 26.3 Å². The predicted molar refractivity (Wildman–Crippen MR) is 62.7 cm³/mol. The quantitative estimate of drug-likeness (QED) is 0.399. The molecular formula is C11H21BrO2. The molecule has 0 aliphatic rings. The first-order chi connectivity index (χ1) is 6.61. The van der Waals surface area contributed by atoms with Crippen LogP contribution < -0.4 is 0 Å². The molecule has 0 rings (SSSR count). The molecule has 84 valence electrons.